The van der Waals surface area contributed by atoms with Gasteiger partial charge in [0.15, 0.2) is 5.96 Å². The molecule has 21 heavy (non-hydrogen) atoms. The summed E-state index contributed by atoms with van der Waals surface area (Å²) in [6.07, 6.45) is 3.57. The van der Waals surface area contributed by atoms with Gasteiger partial charge in [-0.05, 0) is 25.2 Å². The second-order valence-electron chi connectivity index (χ2n) is 5.19. The van der Waals surface area contributed by atoms with Gasteiger partial charge in [0.1, 0.15) is 0 Å². The number of hydrogen-bond acceptors (Lipinski definition) is 3. The van der Waals surface area contributed by atoms with Gasteiger partial charge in [-0.25, -0.2) is 0 Å². The molecular formula is C14H29IN4O2. The summed E-state index contributed by atoms with van der Waals surface area (Å²) in [4.78, 5) is 17.6. The molecule has 0 heterocycles. The van der Waals surface area contributed by atoms with Gasteiger partial charge >= 0.3 is 0 Å². The lowest BCUT2D eigenvalue weighted by Crippen LogP contribution is -2.45. The highest BCUT2D eigenvalue weighted by Gasteiger charge is 2.21. The number of nitrogens with zero attached hydrogens (tertiary/aromatic N) is 2. The topological polar surface area (TPSA) is 66.0 Å². The largest absolute Gasteiger partial charge is 0.379 e. The average molecular weight is 412 g/mol. The summed E-state index contributed by atoms with van der Waals surface area (Å²) in [5.74, 6) is 1.50. The Morgan fingerprint density at radius 3 is 2.67 bits per heavy atom. The van der Waals surface area contributed by atoms with Crippen molar-refractivity contribution in [2.45, 2.75) is 26.2 Å². The van der Waals surface area contributed by atoms with Crippen LogP contribution in [0.1, 0.15) is 26.2 Å². The van der Waals surface area contributed by atoms with Gasteiger partial charge in [0.05, 0.1) is 13.2 Å². The highest BCUT2D eigenvalue weighted by molar-refractivity contribution is 14.0. The van der Waals surface area contributed by atoms with E-state index < -0.39 is 0 Å². The van der Waals surface area contributed by atoms with Crippen molar-refractivity contribution in [3.05, 3.63) is 0 Å². The molecule has 1 aliphatic carbocycles. The zero-order valence-corrected chi connectivity index (χ0v) is 15.7. The first-order valence-electron chi connectivity index (χ1n) is 7.43. The number of halogens is 1. The number of likely N-dealkylation sites (N-methyl/N-ethyl adjacent to an activating group) is 1. The predicted molar refractivity (Wildman–Crippen MR) is 96.3 cm³/mol. The molecule has 0 radical (unpaired) electrons. The summed E-state index contributed by atoms with van der Waals surface area (Å²) in [7, 11) is 3.66. The monoisotopic (exact) mass is 412 g/mol. The molecule has 1 amide bonds. The summed E-state index contributed by atoms with van der Waals surface area (Å²) >= 11 is 0. The Labute approximate surface area is 145 Å². The van der Waals surface area contributed by atoms with E-state index in [0.717, 1.165) is 25.5 Å². The van der Waals surface area contributed by atoms with Crippen LogP contribution in [-0.4, -0.2) is 63.7 Å². The Morgan fingerprint density at radius 1 is 1.38 bits per heavy atom. The maximum Gasteiger partial charge on any atom is 0.239 e. The van der Waals surface area contributed by atoms with Crippen LogP contribution >= 0.6 is 24.0 Å². The number of carbonyl (C=O) groups excluding carboxylic acids is 1. The molecule has 124 valence electrons. The molecular weight excluding hydrogens is 383 g/mol. The fourth-order valence-corrected chi connectivity index (χ4v) is 1.71. The van der Waals surface area contributed by atoms with Crippen molar-refractivity contribution in [2.24, 2.45) is 10.9 Å². The maximum absolute atomic E-state index is 11.5. The molecule has 1 fully saturated rings. The van der Waals surface area contributed by atoms with Crippen LogP contribution in [0, 0.1) is 5.92 Å². The van der Waals surface area contributed by atoms with Gasteiger partial charge in [-0.3, -0.25) is 9.79 Å². The molecule has 0 atom stereocenters. The third-order valence-electron chi connectivity index (χ3n) is 3.17. The molecule has 0 unspecified atom stereocenters. The van der Waals surface area contributed by atoms with Crippen molar-refractivity contribution in [3.8, 4) is 0 Å². The molecule has 1 aliphatic rings. The SMILES string of the molecule is CCCNC(=O)CNC(=NC)N(C)CCOCC1CC1.I. The van der Waals surface area contributed by atoms with E-state index in [1.54, 1.807) is 7.05 Å². The van der Waals surface area contributed by atoms with Gasteiger partial charge in [0, 0.05) is 33.8 Å². The van der Waals surface area contributed by atoms with E-state index in [1.165, 1.54) is 12.8 Å². The van der Waals surface area contributed by atoms with Crippen molar-refractivity contribution < 1.29 is 9.53 Å². The molecule has 1 saturated carbocycles. The van der Waals surface area contributed by atoms with Crippen molar-refractivity contribution in [3.63, 3.8) is 0 Å². The average Bonchev–Trinajstić information content (AvgIpc) is 3.26. The van der Waals surface area contributed by atoms with Crippen LogP contribution in [0.2, 0.25) is 0 Å². The van der Waals surface area contributed by atoms with Crippen LogP contribution in [0.25, 0.3) is 0 Å². The van der Waals surface area contributed by atoms with Crippen molar-refractivity contribution in [1.29, 1.82) is 0 Å². The lowest BCUT2D eigenvalue weighted by Gasteiger charge is -2.21. The normalized spacial score (nSPS) is 14.3. The molecule has 7 heteroatoms. The van der Waals surface area contributed by atoms with E-state index >= 15 is 0 Å². The Morgan fingerprint density at radius 2 is 2.10 bits per heavy atom. The zero-order chi connectivity index (χ0) is 14.8. The van der Waals surface area contributed by atoms with Gasteiger partial charge in [-0.2, -0.15) is 0 Å². The quantitative estimate of drug-likeness (QED) is 0.257. The molecule has 0 bridgehead atoms. The Balaban J connectivity index is 0.00000400. The number of ether oxygens (including phenoxy) is 1. The zero-order valence-electron chi connectivity index (χ0n) is 13.4. The highest BCUT2D eigenvalue weighted by atomic mass is 127. The third kappa shape index (κ3) is 9.89. The molecule has 0 aromatic carbocycles. The maximum atomic E-state index is 11.5. The minimum Gasteiger partial charge on any atom is -0.379 e. The van der Waals surface area contributed by atoms with E-state index in [2.05, 4.69) is 15.6 Å². The Kier molecular flexibility index (Phi) is 11.7. The molecule has 0 spiro atoms. The lowest BCUT2D eigenvalue weighted by atomic mass is 10.4. The van der Waals surface area contributed by atoms with Crippen molar-refractivity contribution in [2.75, 3.05) is 46.9 Å². The fraction of sp³-hybridized carbons (Fsp3) is 0.857. The molecule has 1 rings (SSSR count). The summed E-state index contributed by atoms with van der Waals surface area (Å²) in [5, 5.41) is 5.87. The van der Waals surface area contributed by atoms with E-state index in [-0.39, 0.29) is 36.4 Å². The Bertz CT molecular complexity index is 322. The van der Waals surface area contributed by atoms with E-state index in [4.69, 9.17) is 4.74 Å². The van der Waals surface area contributed by atoms with Crippen molar-refractivity contribution >= 4 is 35.8 Å². The smallest absolute Gasteiger partial charge is 0.239 e. The second kappa shape index (κ2) is 12.0. The van der Waals surface area contributed by atoms with E-state index in [1.807, 2.05) is 18.9 Å². The van der Waals surface area contributed by atoms with Gasteiger partial charge in [-0.1, -0.05) is 6.92 Å². The lowest BCUT2D eigenvalue weighted by molar-refractivity contribution is -0.120. The number of carbonyl (C=O) groups is 1. The van der Waals surface area contributed by atoms with Gasteiger partial charge in [0.2, 0.25) is 5.91 Å². The number of hydrogen-bond donors (Lipinski definition) is 2. The first kappa shape index (κ1) is 20.4. The number of amides is 1. The predicted octanol–water partition coefficient (Wildman–Crippen LogP) is 1.06. The van der Waals surface area contributed by atoms with Gasteiger partial charge in [-0.15, -0.1) is 24.0 Å². The first-order chi connectivity index (χ1) is 9.67. The summed E-state index contributed by atoms with van der Waals surface area (Å²) in [6, 6.07) is 0. The van der Waals surface area contributed by atoms with Gasteiger partial charge in [0.25, 0.3) is 0 Å². The molecule has 0 aromatic heterocycles. The van der Waals surface area contributed by atoms with Crippen LogP contribution < -0.4 is 10.6 Å². The number of nitrogens with one attached hydrogen (secondary N) is 2. The van der Waals surface area contributed by atoms with Crippen LogP contribution in [0.15, 0.2) is 4.99 Å². The van der Waals surface area contributed by atoms with E-state index in [9.17, 15) is 4.79 Å². The first-order valence-corrected chi connectivity index (χ1v) is 7.43. The summed E-state index contributed by atoms with van der Waals surface area (Å²) in [6.45, 7) is 5.32. The Hall–Kier alpha value is -0.570. The van der Waals surface area contributed by atoms with Crippen LogP contribution in [0.3, 0.4) is 0 Å². The molecule has 6 nitrogen and oxygen atoms in total. The third-order valence-corrected chi connectivity index (χ3v) is 3.17. The highest BCUT2D eigenvalue weighted by Crippen LogP contribution is 2.28. The number of aliphatic imine (C=N–C) groups is 1. The minimum atomic E-state index is -0.00798. The standard InChI is InChI=1S/C14H28N4O2.HI/c1-4-7-16-13(19)10-17-14(15-2)18(3)8-9-20-11-12-5-6-12;/h12H,4-11H2,1-3H3,(H,15,17)(H,16,19);1H. The number of rotatable bonds is 9. The van der Waals surface area contributed by atoms with Crippen LogP contribution in [-0.2, 0) is 9.53 Å². The molecule has 2 N–H and O–H groups in total. The molecule has 0 saturated heterocycles. The minimum absolute atomic E-state index is 0. The van der Waals surface area contributed by atoms with Crippen molar-refractivity contribution in [1.82, 2.24) is 15.5 Å². The fourth-order valence-electron chi connectivity index (χ4n) is 1.71. The van der Waals surface area contributed by atoms with Crippen LogP contribution in [0.5, 0.6) is 0 Å². The second-order valence-corrected chi connectivity index (χ2v) is 5.19. The van der Waals surface area contributed by atoms with E-state index in [0.29, 0.717) is 19.1 Å². The summed E-state index contributed by atoms with van der Waals surface area (Å²) < 4.78 is 5.60. The van der Waals surface area contributed by atoms with Gasteiger partial charge < -0.3 is 20.3 Å². The number of guanidine groups is 1. The summed E-state index contributed by atoms with van der Waals surface area (Å²) in [5.41, 5.74) is 0. The molecule has 0 aromatic rings. The molecule has 0 aliphatic heterocycles. The van der Waals surface area contributed by atoms with Crippen LogP contribution in [0.4, 0.5) is 0 Å².